The predicted octanol–water partition coefficient (Wildman–Crippen LogP) is 2.52. The van der Waals surface area contributed by atoms with Crippen molar-refractivity contribution in [3.05, 3.63) is 35.1 Å². The molecule has 3 heteroatoms. The molecule has 0 fully saturated rings. The summed E-state index contributed by atoms with van der Waals surface area (Å²) in [5.74, 6) is 0.140. The highest BCUT2D eigenvalue weighted by atomic mass is 19.1. The molecule has 2 N–H and O–H groups in total. The Bertz CT molecular complexity index is 348. The molecule has 1 rings (SSSR count). The number of rotatable bonds is 6. The number of hydrogen-bond donors (Lipinski definition) is 1. The molecule has 1 atom stereocenters. The number of likely N-dealkylation sites (N-methyl/N-ethyl adjacent to an activating group) is 1. The van der Waals surface area contributed by atoms with Crippen LogP contribution < -0.4 is 5.73 Å². The molecular weight excluding hydrogens is 215 g/mol. The first-order valence-corrected chi connectivity index (χ1v) is 6.30. The Labute approximate surface area is 104 Å². The van der Waals surface area contributed by atoms with Crippen molar-refractivity contribution in [1.29, 1.82) is 0 Å². The zero-order chi connectivity index (χ0) is 12.8. The summed E-state index contributed by atoms with van der Waals surface area (Å²) in [7, 11) is 0. The van der Waals surface area contributed by atoms with Crippen molar-refractivity contribution >= 4 is 0 Å². The van der Waals surface area contributed by atoms with Gasteiger partial charge in [-0.1, -0.05) is 26.0 Å². The van der Waals surface area contributed by atoms with Gasteiger partial charge in [-0.25, -0.2) is 4.39 Å². The Kier molecular flexibility index (Phi) is 5.59. The van der Waals surface area contributed by atoms with E-state index in [-0.39, 0.29) is 11.7 Å². The van der Waals surface area contributed by atoms with Gasteiger partial charge in [-0.05, 0) is 37.2 Å². The van der Waals surface area contributed by atoms with Gasteiger partial charge in [0.1, 0.15) is 5.82 Å². The van der Waals surface area contributed by atoms with Gasteiger partial charge in [0.2, 0.25) is 0 Å². The Balaban J connectivity index is 2.82. The SMILES string of the molecule is CCN(CC)CC(CN)c1ccc(F)c(C)c1. The molecule has 0 saturated carbocycles. The summed E-state index contributed by atoms with van der Waals surface area (Å²) in [6.07, 6.45) is 0. The van der Waals surface area contributed by atoms with Gasteiger partial charge in [-0.2, -0.15) is 0 Å². The third kappa shape index (κ3) is 3.79. The Morgan fingerprint density at radius 3 is 2.41 bits per heavy atom. The lowest BCUT2D eigenvalue weighted by atomic mass is 9.96. The number of halogens is 1. The van der Waals surface area contributed by atoms with Gasteiger partial charge in [0, 0.05) is 19.0 Å². The van der Waals surface area contributed by atoms with Crippen LogP contribution in [0.5, 0.6) is 0 Å². The summed E-state index contributed by atoms with van der Waals surface area (Å²) in [6.45, 7) is 9.67. The van der Waals surface area contributed by atoms with E-state index in [2.05, 4.69) is 18.7 Å². The third-order valence-corrected chi connectivity index (χ3v) is 3.31. The van der Waals surface area contributed by atoms with Crippen LogP contribution in [-0.4, -0.2) is 31.1 Å². The molecular formula is C14H23FN2. The summed E-state index contributed by atoms with van der Waals surface area (Å²) >= 11 is 0. The van der Waals surface area contributed by atoms with E-state index < -0.39 is 0 Å². The molecule has 0 radical (unpaired) electrons. The Hall–Kier alpha value is -0.930. The molecule has 96 valence electrons. The van der Waals surface area contributed by atoms with Crippen LogP contribution in [0.2, 0.25) is 0 Å². The minimum Gasteiger partial charge on any atom is -0.330 e. The molecule has 0 aliphatic heterocycles. The largest absolute Gasteiger partial charge is 0.330 e. The van der Waals surface area contributed by atoms with E-state index in [1.54, 1.807) is 6.92 Å². The summed E-state index contributed by atoms with van der Waals surface area (Å²) in [5, 5.41) is 0. The molecule has 0 heterocycles. The molecule has 0 amide bonds. The van der Waals surface area contributed by atoms with E-state index in [9.17, 15) is 4.39 Å². The van der Waals surface area contributed by atoms with Crippen molar-refractivity contribution in [2.24, 2.45) is 5.73 Å². The zero-order valence-corrected chi connectivity index (χ0v) is 11.0. The van der Waals surface area contributed by atoms with E-state index >= 15 is 0 Å². The second-order valence-electron chi connectivity index (χ2n) is 4.43. The molecule has 1 aromatic carbocycles. The Morgan fingerprint density at radius 2 is 1.94 bits per heavy atom. The second-order valence-corrected chi connectivity index (χ2v) is 4.43. The maximum absolute atomic E-state index is 13.2. The van der Waals surface area contributed by atoms with Gasteiger partial charge < -0.3 is 10.6 Å². The highest BCUT2D eigenvalue weighted by molar-refractivity contribution is 5.27. The lowest BCUT2D eigenvalue weighted by Gasteiger charge is -2.25. The lowest BCUT2D eigenvalue weighted by molar-refractivity contribution is 0.284. The first-order chi connectivity index (χ1) is 8.12. The van der Waals surface area contributed by atoms with Crippen molar-refractivity contribution in [1.82, 2.24) is 4.90 Å². The number of aryl methyl sites for hydroxylation is 1. The smallest absolute Gasteiger partial charge is 0.126 e. The van der Waals surface area contributed by atoms with Crippen molar-refractivity contribution in [2.75, 3.05) is 26.2 Å². The van der Waals surface area contributed by atoms with Gasteiger partial charge in [0.15, 0.2) is 0 Å². The Morgan fingerprint density at radius 1 is 1.29 bits per heavy atom. The van der Waals surface area contributed by atoms with Gasteiger partial charge >= 0.3 is 0 Å². The van der Waals surface area contributed by atoms with Crippen molar-refractivity contribution in [3.63, 3.8) is 0 Å². The van der Waals surface area contributed by atoms with Crippen LogP contribution in [0, 0.1) is 12.7 Å². The summed E-state index contributed by atoms with van der Waals surface area (Å²) in [6, 6.07) is 5.30. The first kappa shape index (κ1) is 14.1. The maximum Gasteiger partial charge on any atom is 0.126 e. The fourth-order valence-corrected chi connectivity index (χ4v) is 2.03. The van der Waals surface area contributed by atoms with Crippen LogP contribution in [0.4, 0.5) is 4.39 Å². The quantitative estimate of drug-likeness (QED) is 0.825. The summed E-state index contributed by atoms with van der Waals surface area (Å²) in [4.78, 5) is 2.34. The van der Waals surface area contributed by atoms with Crippen LogP contribution in [0.3, 0.4) is 0 Å². The molecule has 1 unspecified atom stereocenters. The van der Waals surface area contributed by atoms with E-state index in [1.165, 1.54) is 6.07 Å². The molecule has 2 nitrogen and oxygen atoms in total. The van der Waals surface area contributed by atoms with Crippen molar-refractivity contribution in [2.45, 2.75) is 26.7 Å². The van der Waals surface area contributed by atoms with Gasteiger partial charge in [-0.15, -0.1) is 0 Å². The molecule has 0 bridgehead atoms. The molecule has 0 aliphatic rings. The average Bonchev–Trinajstić information content (AvgIpc) is 2.35. The van der Waals surface area contributed by atoms with Crippen LogP contribution in [-0.2, 0) is 0 Å². The predicted molar refractivity (Wildman–Crippen MR) is 70.7 cm³/mol. The van der Waals surface area contributed by atoms with Crippen molar-refractivity contribution in [3.8, 4) is 0 Å². The van der Waals surface area contributed by atoms with Crippen LogP contribution in [0.15, 0.2) is 18.2 Å². The zero-order valence-electron chi connectivity index (χ0n) is 11.0. The molecule has 0 aliphatic carbocycles. The average molecular weight is 238 g/mol. The summed E-state index contributed by atoms with van der Waals surface area (Å²) in [5.41, 5.74) is 7.66. The monoisotopic (exact) mass is 238 g/mol. The van der Waals surface area contributed by atoms with Crippen LogP contribution >= 0.6 is 0 Å². The highest BCUT2D eigenvalue weighted by Crippen LogP contribution is 2.19. The van der Waals surface area contributed by atoms with E-state index in [0.717, 1.165) is 25.2 Å². The van der Waals surface area contributed by atoms with E-state index in [0.29, 0.717) is 12.1 Å². The van der Waals surface area contributed by atoms with Gasteiger partial charge in [0.25, 0.3) is 0 Å². The fourth-order valence-electron chi connectivity index (χ4n) is 2.03. The van der Waals surface area contributed by atoms with Crippen LogP contribution in [0.1, 0.15) is 30.9 Å². The standard InChI is InChI=1S/C14H23FN2/c1-4-17(5-2)10-13(9-16)12-6-7-14(15)11(3)8-12/h6-8,13H,4-5,9-10,16H2,1-3H3. The third-order valence-electron chi connectivity index (χ3n) is 3.31. The lowest BCUT2D eigenvalue weighted by Crippen LogP contribution is -2.31. The molecule has 1 aromatic rings. The highest BCUT2D eigenvalue weighted by Gasteiger charge is 2.14. The summed E-state index contributed by atoms with van der Waals surface area (Å²) < 4.78 is 13.2. The molecule has 0 spiro atoms. The van der Waals surface area contributed by atoms with Crippen molar-refractivity contribution < 1.29 is 4.39 Å². The number of hydrogen-bond acceptors (Lipinski definition) is 2. The normalized spacial score (nSPS) is 13.1. The minimum atomic E-state index is -0.146. The molecule has 0 aromatic heterocycles. The molecule has 0 saturated heterocycles. The second kappa shape index (κ2) is 6.72. The van der Waals surface area contributed by atoms with Gasteiger partial charge in [-0.3, -0.25) is 0 Å². The fraction of sp³-hybridized carbons (Fsp3) is 0.571. The number of nitrogens with two attached hydrogens (primary N) is 1. The van der Waals surface area contributed by atoms with Crippen LogP contribution in [0.25, 0.3) is 0 Å². The topological polar surface area (TPSA) is 29.3 Å². The first-order valence-electron chi connectivity index (χ1n) is 6.30. The molecule has 17 heavy (non-hydrogen) atoms. The van der Waals surface area contributed by atoms with E-state index in [1.807, 2.05) is 12.1 Å². The van der Waals surface area contributed by atoms with E-state index in [4.69, 9.17) is 5.73 Å². The number of nitrogens with zero attached hydrogens (tertiary/aromatic N) is 1. The number of benzene rings is 1. The minimum absolute atomic E-state index is 0.146. The van der Waals surface area contributed by atoms with Gasteiger partial charge in [0.05, 0.1) is 0 Å². The maximum atomic E-state index is 13.2.